The van der Waals surface area contributed by atoms with E-state index in [0.717, 1.165) is 6.26 Å². The van der Waals surface area contributed by atoms with Gasteiger partial charge in [-0.3, -0.25) is 14.5 Å². The normalized spacial score (nSPS) is 11.4. The summed E-state index contributed by atoms with van der Waals surface area (Å²) in [7, 11) is -0.262. The van der Waals surface area contributed by atoms with E-state index in [0.29, 0.717) is 13.2 Å². The van der Waals surface area contributed by atoms with E-state index in [1.165, 1.54) is 30.2 Å². The number of nitrogens with one attached hydrogen (secondary N) is 2. The Hall–Kier alpha value is -1.68. The lowest BCUT2D eigenvalue weighted by Crippen LogP contribution is -2.39. The van der Waals surface area contributed by atoms with Gasteiger partial charge >= 0.3 is 0 Å². The fourth-order valence-electron chi connectivity index (χ4n) is 1.92. The van der Waals surface area contributed by atoms with Crippen LogP contribution in [0.5, 0.6) is 0 Å². The number of sulfone groups is 1. The van der Waals surface area contributed by atoms with E-state index < -0.39 is 15.7 Å². The Bertz CT molecular complexity index is 724. The number of carbonyl (C=O) groups excluding carboxylic acids is 2. The number of methoxy groups -OCH3 is 1. The van der Waals surface area contributed by atoms with Crippen LogP contribution in [0.4, 0.5) is 5.69 Å². The van der Waals surface area contributed by atoms with Gasteiger partial charge in [0, 0.05) is 19.9 Å². The lowest BCUT2D eigenvalue weighted by Gasteiger charge is -2.16. The Balaban J connectivity index is 2.60. The summed E-state index contributed by atoms with van der Waals surface area (Å²) in [5.74, 6) is -0.649. The Morgan fingerprint density at radius 3 is 2.48 bits per heavy atom. The molecule has 1 rings (SSSR count). The molecule has 0 aliphatic carbocycles. The summed E-state index contributed by atoms with van der Waals surface area (Å²) < 4.78 is 28.0. The van der Waals surface area contributed by atoms with Gasteiger partial charge in [0.25, 0.3) is 0 Å². The summed E-state index contributed by atoms with van der Waals surface area (Å²) in [6.07, 6.45) is 1.07. The molecule has 0 saturated heterocycles. The molecule has 0 saturated carbocycles. The monoisotopic (exact) mass is 391 g/mol. The Labute approximate surface area is 152 Å². The van der Waals surface area contributed by atoms with Gasteiger partial charge in [0.2, 0.25) is 11.8 Å². The minimum Gasteiger partial charge on any atom is -0.383 e. The predicted molar refractivity (Wildman–Crippen MR) is 95.6 cm³/mol. The fourth-order valence-corrected chi connectivity index (χ4v) is 2.73. The number of hydrogen-bond acceptors (Lipinski definition) is 6. The molecule has 0 aliphatic heterocycles. The van der Waals surface area contributed by atoms with Crippen molar-refractivity contribution >= 4 is 38.9 Å². The Kier molecular flexibility index (Phi) is 8.30. The zero-order valence-electron chi connectivity index (χ0n) is 14.3. The topological polar surface area (TPSA) is 105 Å². The number of anilines is 1. The Morgan fingerprint density at radius 1 is 1.24 bits per heavy atom. The van der Waals surface area contributed by atoms with E-state index in [1.54, 1.807) is 7.05 Å². The number of benzene rings is 1. The third kappa shape index (κ3) is 7.82. The average molecular weight is 392 g/mol. The van der Waals surface area contributed by atoms with Crippen LogP contribution in [0, 0.1) is 0 Å². The number of carbonyl (C=O) groups is 2. The molecule has 8 nitrogen and oxygen atoms in total. The molecule has 25 heavy (non-hydrogen) atoms. The van der Waals surface area contributed by atoms with Gasteiger partial charge in [0.15, 0.2) is 9.84 Å². The lowest BCUT2D eigenvalue weighted by molar-refractivity contribution is -0.123. The molecule has 0 spiro atoms. The van der Waals surface area contributed by atoms with Gasteiger partial charge in [-0.1, -0.05) is 11.6 Å². The maximum atomic E-state index is 12.1. The molecular weight excluding hydrogens is 370 g/mol. The van der Waals surface area contributed by atoms with Crippen molar-refractivity contribution < 1.29 is 22.7 Å². The summed E-state index contributed by atoms with van der Waals surface area (Å²) >= 11 is 5.98. The van der Waals surface area contributed by atoms with Gasteiger partial charge in [0.05, 0.1) is 35.3 Å². The maximum Gasteiger partial charge on any atom is 0.238 e. The van der Waals surface area contributed by atoms with Crippen molar-refractivity contribution in [2.75, 3.05) is 52.0 Å². The first-order chi connectivity index (χ1) is 11.6. The molecular formula is C15H22ClN3O5S. The number of rotatable bonds is 9. The SMILES string of the molecule is COCCNC(=O)CN(C)CC(=O)Nc1cc(S(C)(=O)=O)ccc1Cl. The number of ether oxygens (including phenoxy) is 1. The van der Waals surface area contributed by atoms with Gasteiger partial charge < -0.3 is 15.4 Å². The molecule has 10 heteroatoms. The van der Waals surface area contributed by atoms with E-state index in [-0.39, 0.29) is 34.6 Å². The molecule has 0 aliphatic rings. The third-order valence-corrected chi connectivity index (χ3v) is 4.54. The molecule has 0 radical (unpaired) electrons. The minimum absolute atomic E-state index is 0.0360. The molecule has 140 valence electrons. The van der Waals surface area contributed by atoms with Crippen LogP contribution in [0.2, 0.25) is 5.02 Å². The summed E-state index contributed by atoms with van der Waals surface area (Å²) in [5, 5.41) is 5.42. The molecule has 0 atom stereocenters. The molecule has 2 N–H and O–H groups in total. The smallest absolute Gasteiger partial charge is 0.238 e. The van der Waals surface area contributed by atoms with Crippen LogP contribution in [0.25, 0.3) is 0 Å². The van der Waals surface area contributed by atoms with Crippen molar-refractivity contribution in [3.05, 3.63) is 23.2 Å². The van der Waals surface area contributed by atoms with E-state index >= 15 is 0 Å². The van der Waals surface area contributed by atoms with Gasteiger partial charge in [-0.25, -0.2) is 8.42 Å². The standard InChI is InChI=1S/C15H22ClN3O5S/c1-19(9-14(20)17-6-7-24-2)10-15(21)18-13-8-11(25(3,22)23)4-5-12(13)16/h4-5,8H,6-7,9-10H2,1-3H3,(H,17,20)(H,18,21). The van der Waals surface area contributed by atoms with E-state index in [1.807, 2.05) is 0 Å². The predicted octanol–water partition coefficient (Wildman–Crippen LogP) is 0.376. The van der Waals surface area contributed by atoms with Crippen molar-refractivity contribution in [2.45, 2.75) is 4.90 Å². The molecule has 0 aromatic heterocycles. The van der Waals surface area contributed by atoms with Crippen molar-refractivity contribution in [3.63, 3.8) is 0 Å². The van der Waals surface area contributed by atoms with Gasteiger partial charge in [-0.2, -0.15) is 0 Å². The van der Waals surface area contributed by atoms with Crippen LogP contribution in [0.1, 0.15) is 0 Å². The second-order valence-electron chi connectivity index (χ2n) is 5.48. The molecule has 0 bridgehead atoms. The van der Waals surface area contributed by atoms with Crippen LogP contribution in [-0.2, 0) is 24.2 Å². The highest BCUT2D eigenvalue weighted by atomic mass is 35.5. The number of nitrogens with zero attached hydrogens (tertiary/aromatic N) is 1. The van der Waals surface area contributed by atoms with Crippen LogP contribution in [0.3, 0.4) is 0 Å². The lowest BCUT2D eigenvalue weighted by atomic mass is 10.3. The fraction of sp³-hybridized carbons (Fsp3) is 0.467. The number of likely N-dealkylation sites (N-methyl/N-ethyl adjacent to an activating group) is 1. The van der Waals surface area contributed by atoms with Crippen molar-refractivity contribution in [1.82, 2.24) is 10.2 Å². The van der Waals surface area contributed by atoms with Crippen molar-refractivity contribution in [1.29, 1.82) is 0 Å². The number of amides is 2. The summed E-state index contributed by atoms with van der Waals surface area (Å²) in [6.45, 7) is 0.778. The quantitative estimate of drug-likeness (QED) is 0.589. The van der Waals surface area contributed by atoms with E-state index in [4.69, 9.17) is 16.3 Å². The number of hydrogen-bond donors (Lipinski definition) is 2. The highest BCUT2D eigenvalue weighted by Gasteiger charge is 2.14. The van der Waals surface area contributed by atoms with Crippen LogP contribution < -0.4 is 10.6 Å². The van der Waals surface area contributed by atoms with Gasteiger partial charge in [-0.05, 0) is 25.2 Å². The van der Waals surface area contributed by atoms with E-state index in [2.05, 4.69) is 10.6 Å². The second kappa shape index (κ2) is 9.71. The second-order valence-corrected chi connectivity index (χ2v) is 7.90. The molecule has 0 unspecified atom stereocenters. The highest BCUT2D eigenvalue weighted by Crippen LogP contribution is 2.25. The minimum atomic E-state index is -3.41. The molecule has 0 heterocycles. The molecule has 0 fully saturated rings. The van der Waals surface area contributed by atoms with Crippen LogP contribution in [0.15, 0.2) is 23.1 Å². The zero-order chi connectivity index (χ0) is 19.0. The van der Waals surface area contributed by atoms with Crippen LogP contribution >= 0.6 is 11.6 Å². The average Bonchev–Trinajstić information content (AvgIpc) is 2.48. The highest BCUT2D eigenvalue weighted by molar-refractivity contribution is 7.90. The molecule has 1 aromatic carbocycles. The first kappa shape index (κ1) is 21.4. The first-order valence-corrected chi connectivity index (χ1v) is 9.64. The molecule has 1 aromatic rings. The first-order valence-electron chi connectivity index (χ1n) is 7.37. The Morgan fingerprint density at radius 2 is 1.88 bits per heavy atom. The molecule has 2 amide bonds. The van der Waals surface area contributed by atoms with Gasteiger partial charge in [0.1, 0.15) is 0 Å². The zero-order valence-corrected chi connectivity index (χ0v) is 15.9. The number of halogens is 1. The van der Waals surface area contributed by atoms with E-state index in [9.17, 15) is 18.0 Å². The summed E-state index contributed by atoms with van der Waals surface area (Å²) in [5.41, 5.74) is 0.201. The summed E-state index contributed by atoms with van der Waals surface area (Å²) in [6, 6.07) is 4.07. The maximum absolute atomic E-state index is 12.1. The van der Waals surface area contributed by atoms with Crippen molar-refractivity contribution in [3.8, 4) is 0 Å². The van der Waals surface area contributed by atoms with Crippen LogP contribution in [-0.4, -0.2) is 71.8 Å². The van der Waals surface area contributed by atoms with Gasteiger partial charge in [-0.15, -0.1) is 0 Å². The third-order valence-electron chi connectivity index (χ3n) is 3.10. The largest absolute Gasteiger partial charge is 0.383 e. The summed E-state index contributed by atoms with van der Waals surface area (Å²) in [4.78, 5) is 25.3. The van der Waals surface area contributed by atoms with Crippen molar-refractivity contribution in [2.24, 2.45) is 0 Å².